The van der Waals surface area contributed by atoms with Gasteiger partial charge in [-0.15, -0.1) is 0 Å². The second-order valence-corrected chi connectivity index (χ2v) is 17.6. The van der Waals surface area contributed by atoms with E-state index in [9.17, 15) is 14.7 Å². The second kappa shape index (κ2) is 55.6. The summed E-state index contributed by atoms with van der Waals surface area (Å²) in [6, 6.07) is 0. The van der Waals surface area contributed by atoms with Gasteiger partial charge in [0.25, 0.3) is 0 Å². The van der Waals surface area contributed by atoms with Crippen molar-refractivity contribution >= 4 is 11.9 Å². The standard InChI is InChI=1S/C61H100O5/c1-3-5-7-9-11-13-15-17-19-20-21-22-23-24-25-26-27-28-29-30-31-32-33-34-35-36-37-38-39-40-42-44-46-48-50-52-54-56-61(64)66-59(57-62)58-65-60(63)55-53-51-49-47-45-43-41-18-16-14-12-10-8-6-4-2/h5,7,11,13,17-19,21-22,24-25,27-28,30-31,33-34,36-37,41,59,62H,3-4,6,8-10,12,14-16,20,23,26,29,32,35,38-40,42-58H2,1-2H3/b7-5-,13-11-,19-17-,22-21-,25-24-,28-27-,31-30-,34-33-,37-36-,41-18-. The summed E-state index contributed by atoms with van der Waals surface area (Å²) in [6.45, 7) is 4.00. The van der Waals surface area contributed by atoms with Crippen LogP contribution in [0.5, 0.6) is 0 Å². The lowest BCUT2D eigenvalue weighted by Gasteiger charge is -2.15. The Morgan fingerprint density at radius 1 is 0.364 bits per heavy atom. The Morgan fingerprint density at radius 2 is 0.652 bits per heavy atom. The van der Waals surface area contributed by atoms with E-state index in [1.165, 1.54) is 96.3 Å². The minimum absolute atomic E-state index is 0.0779. The Kier molecular flexibility index (Phi) is 52.5. The van der Waals surface area contributed by atoms with E-state index in [-0.39, 0.29) is 25.2 Å². The predicted molar refractivity (Wildman–Crippen MR) is 288 cm³/mol. The van der Waals surface area contributed by atoms with Gasteiger partial charge in [-0.05, 0) is 109 Å². The molecule has 0 aromatic rings. The molecule has 0 aromatic heterocycles. The zero-order chi connectivity index (χ0) is 47.7. The Morgan fingerprint density at radius 3 is 1.00 bits per heavy atom. The highest BCUT2D eigenvalue weighted by molar-refractivity contribution is 5.70. The summed E-state index contributed by atoms with van der Waals surface area (Å²) in [6.07, 6.45) is 81.6. The van der Waals surface area contributed by atoms with E-state index in [0.29, 0.717) is 12.8 Å². The number of rotatable bonds is 48. The van der Waals surface area contributed by atoms with E-state index in [2.05, 4.69) is 135 Å². The van der Waals surface area contributed by atoms with E-state index in [1.807, 2.05) is 0 Å². The normalized spacial score (nSPS) is 13.2. The summed E-state index contributed by atoms with van der Waals surface area (Å²) >= 11 is 0. The van der Waals surface area contributed by atoms with E-state index in [4.69, 9.17) is 9.47 Å². The van der Waals surface area contributed by atoms with Gasteiger partial charge in [0.2, 0.25) is 0 Å². The lowest BCUT2D eigenvalue weighted by molar-refractivity contribution is -0.161. The molecule has 0 spiro atoms. The summed E-state index contributed by atoms with van der Waals surface area (Å²) in [4.78, 5) is 24.4. The average Bonchev–Trinajstić information content (AvgIpc) is 3.32. The zero-order valence-corrected chi connectivity index (χ0v) is 42.7. The van der Waals surface area contributed by atoms with Gasteiger partial charge in [0.15, 0.2) is 6.10 Å². The highest BCUT2D eigenvalue weighted by Crippen LogP contribution is 2.14. The number of carbonyl (C=O) groups excluding carboxylic acids is 2. The largest absolute Gasteiger partial charge is 0.462 e. The van der Waals surface area contributed by atoms with Crippen molar-refractivity contribution in [2.24, 2.45) is 0 Å². The zero-order valence-electron chi connectivity index (χ0n) is 42.7. The molecule has 1 unspecified atom stereocenters. The summed E-state index contributed by atoms with van der Waals surface area (Å²) in [5.74, 6) is -0.612. The van der Waals surface area contributed by atoms with Crippen molar-refractivity contribution in [3.05, 3.63) is 122 Å². The highest BCUT2D eigenvalue weighted by atomic mass is 16.6. The molecule has 0 saturated carbocycles. The second-order valence-electron chi connectivity index (χ2n) is 17.6. The molecule has 0 aliphatic carbocycles. The van der Waals surface area contributed by atoms with Crippen molar-refractivity contribution < 1.29 is 24.2 Å². The molecule has 5 heteroatoms. The van der Waals surface area contributed by atoms with Gasteiger partial charge in [0, 0.05) is 12.8 Å². The number of ether oxygens (including phenoxy) is 2. The van der Waals surface area contributed by atoms with Crippen LogP contribution in [0.2, 0.25) is 0 Å². The number of hydrogen-bond donors (Lipinski definition) is 1. The van der Waals surface area contributed by atoms with Crippen molar-refractivity contribution in [2.75, 3.05) is 13.2 Å². The molecule has 0 amide bonds. The Labute approximate surface area is 407 Å². The molecule has 0 aliphatic heterocycles. The fourth-order valence-electron chi connectivity index (χ4n) is 7.19. The number of aliphatic hydroxyl groups excluding tert-OH is 1. The molecule has 374 valence electrons. The van der Waals surface area contributed by atoms with Crippen LogP contribution in [-0.2, 0) is 19.1 Å². The minimum Gasteiger partial charge on any atom is -0.462 e. The third-order valence-electron chi connectivity index (χ3n) is 11.2. The Balaban J connectivity index is 3.59. The minimum atomic E-state index is -0.786. The first kappa shape index (κ1) is 62.3. The van der Waals surface area contributed by atoms with Crippen LogP contribution in [0.1, 0.15) is 232 Å². The van der Waals surface area contributed by atoms with E-state index in [1.54, 1.807) is 0 Å². The molecule has 0 heterocycles. The van der Waals surface area contributed by atoms with Crippen molar-refractivity contribution in [3.8, 4) is 0 Å². The van der Waals surface area contributed by atoms with Gasteiger partial charge in [-0.3, -0.25) is 9.59 Å². The van der Waals surface area contributed by atoms with E-state index in [0.717, 1.165) is 109 Å². The summed E-state index contributed by atoms with van der Waals surface area (Å²) in [5, 5.41) is 9.62. The fraction of sp³-hybridized carbons (Fsp3) is 0.639. The number of hydrogen-bond acceptors (Lipinski definition) is 5. The number of esters is 2. The van der Waals surface area contributed by atoms with Crippen LogP contribution in [0.15, 0.2) is 122 Å². The SMILES string of the molecule is CC/C=C\C/C=C\C/C=C\C/C=C\C/C=C\C/C=C\C/C=C\C/C=C\C/C=C\CCCCCCCCCCCC(=O)OC(CO)COC(=O)CCCCCCC/C=C\CCCCCCCC. The quantitative estimate of drug-likeness (QED) is 0.0374. The molecule has 0 radical (unpaired) electrons. The number of unbranched alkanes of at least 4 members (excludes halogenated alkanes) is 20. The van der Waals surface area contributed by atoms with Gasteiger partial charge in [-0.2, -0.15) is 0 Å². The maximum absolute atomic E-state index is 12.3. The number of aliphatic hydroxyl groups is 1. The summed E-state index contributed by atoms with van der Waals surface area (Å²) in [7, 11) is 0. The van der Waals surface area contributed by atoms with Crippen molar-refractivity contribution in [2.45, 2.75) is 238 Å². The van der Waals surface area contributed by atoms with E-state index >= 15 is 0 Å². The van der Waals surface area contributed by atoms with Gasteiger partial charge in [-0.1, -0.05) is 232 Å². The molecule has 0 saturated heterocycles. The van der Waals surface area contributed by atoms with E-state index < -0.39 is 6.10 Å². The van der Waals surface area contributed by atoms with Gasteiger partial charge in [0.1, 0.15) is 6.61 Å². The molecule has 1 N–H and O–H groups in total. The lowest BCUT2D eigenvalue weighted by Crippen LogP contribution is -2.28. The smallest absolute Gasteiger partial charge is 0.306 e. The lowest BCUT2D eigenvalue weighted by atomic mass is 10.1. The fourth-order valence-corrected chi connectivity index (χ4v) is 7.19. The van der Waals surface area contributed by atoms with Crippen LogP contribution in [0.3, 0.4) is 0 Å². The van der Waals surface area contributed by atoms with Crippen LogP contribution in [0.4, 0.5) is 0 Å². The highest BCUT2D eigenvalue weighted by Gasteiger charge is 2.16. The van der Waals surface area contributed by atoms with Gasteiger partial charge in [-0.25, -0.2) is 0 Å². The van der Waals surface area contributed by atoms with Gasteiger partial charge >= 0.3 is 11.9 Å². The maximum Gasteiger partial charge on any atom is 0.306 e. The topological polar surface area (TPSA) is 72.8 Å². The Hall–Kier alpha value is -3.70. The molecule has 0 rings (SSSR count). The summed E-state index contributed by atoms with van der Waals surface area (Å²) < 4.78 is 10.7. The van der Waals surface area contributed by atoms with Crippen LogP contribution in [-0.4, -0.2) is 36.4 Å². The third kappa shape index (κ3) is 52.9. The molecule has 0 aliphatic rings. The molecule has 0 fully saturated rings. The monoisotopic (exact) mass is 913 g/mol. The first-order valence-electron chi connectivity index (χ1n) is 27.1. The molecule has 0 aromatic carbocycles. The molecule has 0 bridgehead atoms. The van der Waals surface area contributed by atoms with Crippen LogP contribution in [0, 0.1) is 0 Å². The first-order valence-corrected chi connectivity index (χ1v) is 27.1. The maximum atomic E-state index is 12.3. The molecule has 5 nitrogen and oxygen atoms in total. The van der Waals surface area contributed by atoms with Gasteiger partial charge < -0.3 is 14.6 Å². The van der Waals surface area contributed by atoms with Crippen molar-refractivity contribution in [1.82, 2.24) is 0 Å². The molecular weight excluding hydrogens is 813 g/mol. The third-order valence-corrected chi connectivity index (χ3v) is 11.2. The predicted octanol–water partition coefficient (Wildman–Crippen LogP) is 18.3. The number of carbonyl (C=O) groups is 2. The molecular formula is C61H100O5. The van der Waals surface area contributed by atoms with Crippen LogP contribution < -0.4 is 0 Å². The number of allylic oxidation sites excluding steroid dienone is 20. The van der Waals surface area contributed by atoms with Crippen molar-refractivity contribution in [1.29, 1.82) is 0 Å². The molecule has 1 atom stereocenters. The van der Waals surface area contributed by atoms with Gasteiger partial charge in [0.05, 0.1) is 6.61 Å². The summed E-state index contributed by atoms with van der Waals surface area (Å²) in [5.41, 5.74) is 0. The van der Waals surface area contributed by atoms with Crippen LogP contribution >= 0.6 is 0 Å². The first-order chi connectivity index (χ1) is 32.6. The molecule has 66 heavy (non-hydrogen) atoms. The average molecular weight is 913 g/mol. The Bertz CT molecular complexity index is 1350. The van der Waals surface area contributed by atoms with Crippen molar-refractivity contribution in [3.63, 3.8) is 0 Å². The van der Waals surface area contributed by atoms with Crippen LogP contribution in [0.25, 0.3) is 0 Å².